The molecule has 1 nitrogen and oxygen atoms in total. The molecule has 1 rings (SSSR count). The Bertz CT molecular complexity index is 235. The van der Waals surface area contributed by atoms with Crippen molar-refractivity contribution in [2.45, 2.75) is 0 Å². The number of hydrogen-bond acceptors (Lipinski definition) is 1. The van der Waals surface area contributed by atoms with E-state index < -0.39 is 11.6 Å². The minimum Gasteiger partial charge on any atom is -0.396 e. The highest BCUT2D eigenvalue weighted by atomic mass is 127. The number of hydrogen-bond donors (Lipinski definition) is 1. The minimum absolute atomic E-state index is 0.0224. The maximum Gasteiger partial charge on any atom is 0.162 e. The lowest BCUT2D eigenvalue weighted by atomic mass is 10.3. The van der Waals surface area contributed by atoms with Gasteiger partial charge >= 0.3 is 0 Å². The largest absolute Gasteiger partial charge is 0.396 e. The van der Waals surface area contributed by atoms with Crippen molar-refractivity contribution in [1.82, 2.24) is 0 Å². The summed E-state index contributed by atoms with van der Waals surface area (Å²) >= 11 is 1.56. The fourth-order valence-corrected chi connectivity index (χ4v) is 1.03. The zero-order chi connectivity index (χ0) is 7.72. The van der Waals surface area contributed by atoms with Crippen LogP contribution in [0, 0.1) is 15.2 Å². The van der Waals surface area contributed by atoms with Gasteiger partial charge in [-0.3, -0.25) is 0 Å². The summed E-state index contributed by atoms with van der Waals surface area (Å²) in [5, 5.41) is 0. The third-order valence-electron chi connectivity index (χ3n) is 1.07. The van der Waals surface area contributed by atoms with Crippen LogP contribution in [-0.4, -0.2) is 0 Å². The van der Waals surface area contributed by atoms with Crippen molar-refractivity contribution in [2.24, 2.45) is 0 Å². The lowest BCUT2D eigenvalue weighted by molar-refractivity contribution is 0.573. The van der Waals surface area contributed by atoms with Gasteiger partial charge in [0.2, 0.25) is 0 Å². The molecule has 54 valence electrons. The fourth-order valence-electron chi connectivity index (χ4n) is 0.541. The lowest BCUT2D eigenvalue weighted by Gasteiger charge is -1.98. The van der Waals surface area contributed by atoms with E-state index in [4.69, 9.17) is 5.73 Å². The molecule has 0 amide bonds. The van der Waals surface area contributed by atoms with Gasteiger partial charge in [-0.1, -0.05) is 0 Å². The monoisotopic (exact) mass is 255 g/mol. The van der Waals surface area contributed by atoms with Gasteiger partial charge in [0, 0.05) is 0 Å². The van der Waals surface area contributed by atoms with Crippen LogP contribution in [0.5, 0.6) is 0 Å². The molecule has 0 aliphatic heterocycles. The van der Waals surface area contributed by atoms with Crippen molar-refractivity contribution in [3.63, 3.8) is 0 Å². The second-order valence-corrected chi connectivity index (χ2v) is 2.84. The van der Waals surface area contributed by atoms with Crippen LogP contribution in [0.15, 0.2) is 12.1 Å². The molecule has 1 aromatic rings. The molecule has 0 aromatic heterocycles. The van der Waals surface area contributed by atoms with Crippen LogP contribution in [0.25, 0.3) is 0 Å². The van der Waals surface area contributed by atoms with E-state index in [1.54, 1.807) is 22.6 Å². The van der Waals surface area contributed by atoms with Crippen LogP contribution in [0.4, 0.5) is 14.5 Å². The SMILES string of the molecule is Nc1ccc(F)c(I)c1F. The second kappa shape index (κ2) is 2.69. The molecule has 0 saturated carbocycles. The highest BCUT2D eigenvalue weighted by Gasteiger charge is 2.07. The van der Waals surface area contributed by atoms with E-state index in [0.717, 1.165) is 6.07 Å². The van der Waals surface area contributed by atoms with Gasteiger partial charge in [0.25, 0.3) is 0 Å². The summed E-state index contributed by atoms with van der Waals surface area (Å²) in [7, 11) is 0. The van der Waals surface area contributed by atoms with Gasteiger partial charge in [-0.05, 0) is 34.7 Å². The van der Waals surface area contributed by atoms with Crippen LogP contribution in [0.1, 0.15) is 0 Å². The molecule has 1 aromatic carbocycles. The van der Waals surface area contributed by atoms with Crippen molar-refractivity contribution in [1.29, 1.82) is 0 Å². The average Bonchev–Trinajstić information content (AvgIpc) is 1.93. The summed E-state index contributed by atoms with van der Waals surface area (Å²) in [4.78, 5) is 0. The first-order chi connectivity index (χ1) is 4.63. The molecule has 0 heterocycles. The molecular formula is C6H4F2IN. The smallest absolute Gasteiger partial charge is 0.162 e. The number of rotatable bonds is 0. The number of anilines is 1. The molecule has 0 spiro atoms. The Balaban J connectivity index is 3.34. The fraction of sp³-hybridized carbons (Fsp3) is 0. The van der Waals surface area contributed by atoms with E-state index >= 15 is 0 Å². The average molecular weight is 255 g/mol. The maximum atomic E-state index is 12.6. The predicted molar refractivity (Wildman–Crippen MR) is 43.5 cm³/mol. The Morgan fingerprint density at radius 3 is 2.40 bits per heavy atom. The van der Waals surface area contributed by atoms with Gasteiger partial charge < -0.3 is 5.73 Å². The van der Waals surface area contributed by atoms with E-state index in [2.05, 4.69) is 0 Å². The molecule has 10 heavy (non-hydrogen) atoms. The minimum atomic E-state index is -0.680. The van der Waals surface area contributed by atoms with Crippen LogP contribution >= 0.6 is 22.6 Å². The molecule has 0 bridgehead atoms. The molecule has 0 radical (unpaired) electrons. The summed E-state index contributed by atoms with van der Waals surface area (Å²) in [5.41, 5.74) is 5.12. The molecule has 0 unspecified atom stereocenters. The molecule has 0 fully saturated rings. The number of nitrogen functional groups attached to an aromatic ring is 1. The number of nitrogens with two attached hydrogens (primary N) is 1. The topological polar surface area (TPSA) is 26.0 Å². The molecular weight excluding hydrogens is 251 g/mol. The summed E-state index contributed by atoms with van der Waals surface area (Å²) in [6.07, 6.45) is 0. The second-order valence-electron chi connectivity index (χ2n) is 1.76. The van der Waals surface area contributed by atoms with E-state index in [1.165, 1.54) is 6.07 Å². The van der Waals surface area contributed by atoms with Crippen LogP contribution in [0.3, 0.4) is 0 Å². The Morgan fingerprint density at radius 2 is 1.90 bits per heavy atom. The Morgan fingerprint density at radius 1 is 1.30 bits per heavy atom. The first-order valence-electron chi connectivity index (χ1n) is 2.52. The Kier molecular flexibility index (Phi) is 2.08. The predicted octanol–water partition coefficient (Wildman–Crippen LogP) is 2.15. The van der Waals surface area contributed by atoms with Gasteiger partial charge in [-0.25, -0.2) is 8.78 Å². The van der Waals surface area contributed by atoms with Crippen LogP contribution in [-0.2, 0) is 0 Å². The highest BCUT2D eigenvalue weighted by molar-refractivity contribution is 14.1. The van der Waals surface area contributed by atoms with Crippen molar-refractivity contribution < 1.29 is 8.78 Å². The number of halogens is 3. The molecule has 0 aliphatic carbocycles. The van der Waals surface area contributed by atoms with Gasteiger partial charge in [-0.15, -0.1) is 0 Å². The van der Waals surface area contributed by atoms with Crippen molar-refractivity contribution in [2.75, 3.05) is 5.73 Å². The molecule has 0 aliphatic rings. The summed E-state index contributed by atoms with van der Waals surface area (Å²) in [6, 6.07) is 2.34. The normalized spacial score (nSPS) is 9.90. The zero-order valence-electron chi connectivity index (χ0n) is 4.87. The third-order valence-corrected chi connectivity index (χ3v) is 2.05. The molecule has 4 heteroatoms. The quantitative estimate of drug-likeness (QED) is 0.429. The summed E-state index contributed by atoms with van der Waals surface area (Å²) in [6.45, 7) is 0. The lowest BCUT2D eigenvalue weighted by Crippen LogP contribution is -1.95. The van der Waals surface area contributed by atoms with Gasteiger partial charge in [0.05, 0.1) is 9.26 Å². The van der Waals surface area contributed by atoms with Crippen molar-refractivity contribution >= 4 is 28.3 Å². The zero-order valence-corrected chi connectivity index (χ0v) is 7.02. The molecule has 2 N–H and O–H groups in total. The van der Waals surface area contributed by atoms with Gasteiger partial charge in [0.15, 0.2) is 5.82 Å². The standard InChI is InChI=1S/C6H4F2IN/c7-3-1-2-4(10)5(8)6(3)9/h1-2H,10H2. The van der Waals surface area contributed by atoms with Crippen LogP contribution < -0.4 is 5.73 Å². The Hall–Kier alpha value is -0.390. The number of benzene rings is 1. The highest BCUT2D eigenvalue weighted by Crippen LogP contribution is 2.19. The van der Waals surface area contributed by atoms with E-state index in [1.807, 2.05) is 0 Å². The van der Waals surface area contributed by atoms with Gasteiger partial charge in [0.1, 0.15) is 5.82 Å². The van der Waals surface area contributed by atoms with Crippen molar-refractivity contribution in [3.05, 3.63) is 27.3 Å². The van der Waals surface area contributed by atoms with E-state index in [-0.39, 0.29) is 9.26 Å². The first kappa shape index (κ1) is 7.71. The molecule has 0 atom stereocenters. The molecule has 0 saturated heterocycles. The van der Waals surface area contributed by atoms with Crippen LogP contribution in [0.2, 0.25) is 0 Å². The van der Waals surface area contributed by atoms with E-state index in [0.29, 0.717) is 0 Å². The maximum absolute atomic E-state index is 12.6. The van der Waals surface area contributed by atoms with E-state index in [9.17, 15) is 8.78 Å². The van der Waals surface area contributed by atoms with Crippen molar-refractivity contribution in [3.8, 4) is 0 Å². The Labute approximate surface area is 70.4 Å². The van der Waals surface area contributed by atoms with Gasteiger partial charge in [-0.2, -0.15) is 0 Å². The third kappa shape index (κ3) is 1.21. The summed E-state index contributed by atoms with van der Waals surface area (Å²) in [5.74, 6) is -1.26. The summed E-state index contributed by atoms with van der Waals surface area (Å²) < 4.78 is 25.0. The first-order valence-corrected chi connectivity index (χ1v) is 3.60.